The molecule has 0 saturated heterocycles. The van der Waals surface area contributed by atoms with Gasteiger partial charge in [0.05, 0.1) is 10.9 Å². The highest BCUT2D eigenvalue weighted by atomic mass is 32.2. The molecule has 13 heteroatoms. The first kappa shape index (κ1) is 44.7. The van der Waals surface area contributed by atoms with Crippen LogP contribution in [-0.2, 0) is 21.0 Å². The van der Waals surface area contributed by atoms with E-state index in [9.17, 15) is 34.9 Å². The largest absolute Gasteiger partial charge is 0.744 e. The fourth-order valence-corrected chi connectivity index (χ4v) is 11.7. The molecule has 0 amide bonds. The molecule has 0 atom stereocenters. The lowest BCUT2D eigenvalue weighted by Gasteiger charge is -2.32. The Kier molecular flexibility index (Phi) is 14.5. The smallest absolute Gasteiger partial charge is 0.205 e. The van der Waals surface area contributed by atoms with Crippen molar-refractivity contribution in [1.82, 2.24) is 0 Å². The molecule has 4 nitrogen and oxygen atoms in total. The molecule has 3 saturated carbocycles. The molecule has 0 bridgehead atoms. The molecular weight excluding hydrogens is 838 g/mol. The van der Waals surface area contributed by atoms with Gasteiger partial charge in [-0.3, -0.25) is 0 Å². The Bertz CT molecular complexity index is 2220. The molecule has 61 heavy (non-hydrogen) atoms. The molecule has 5 aromatic rings. The Labute approximate surface area is 355 Å². The minimum absolute atomic E-state index is 0.0711. The Hall–Kier alpha value is -4.33. The third kappa shape index (κ3) is 10.5. The monoisotopic (exact) mass is 884 g/mol. The second-order valence-electron chi connectivity index (χ2n) is 16.2. The van der Waals surface area contributed by atoms with Crippen LogP contribution in [0.5, 0.6) is 11.5 Å². The van der Waals surface area contributed by atoms with Gasteiger partial charge in [0.15, 0.2) is 26.3 Å². The van der Waals surface area contributed by atoms with Gasteiger partial charge in [-0.05, 0) is 146 Å². The van der Waals surface area contributed by atoms with E-state index in [-0.39, 0.29) is 35.0 Å². The summed E-state index contributed by atoms with van der Waals surface area (Å²) in [6, 6.07) is 22.7. The lowest BCUT2D eigenvalue weighted by molar-refractivity contribution is 0.334. The summed E-state index contributed by atoms with van der Waals surface area (Å²) in [6.07, 6.45) is 15.3. The number of benzene rings is 5. The van der Waals surface area contributed by atoms with Gasteiger partial charge in [-0.25, -0.2) is 30.4 Å². The van der Waals surface area contributed by atoms with Crippen molar-refractivity contribution in [3.63, 3.8) is 0 Å². The number of ether oxygens (including phenoxy) is 1. The number of rotatable bonds is 9. The molecule has 0 aliphatic heterocycles. The molecule has 0 radical (unpaired) electrons. The molecule has 5 aromatic carbocycles. The molecule has 0 spiro atoms. The summed E-state index contributed by atoms with van der Waals surface area (Å²) >= 11 is 0. The van der Waals surface area contributed by atoms with Crippen LogP contribution >= 0.6 is 0 Å². The lowest BCUT2D eigenvalue weighted by Crippen LogP contribution is -2.15. The van der Waals surface area contributed by atoms with Crippen LogP contribution in [0.25, 0.3) is 0 Å². The second kappa shape index (κ2) is 19.8. The molecular formula is C48H47F7O4S2. The average molecular weight is 885 g/mol. The van der Waals surface area contributed by atoms with Crippen molar-refractivity contribution in [2.45, 2.75) is 134 Å². The van der Waals surface area contributed by atoms with Crippen molar-refractivity contribution in [3.8, 4) is 11.5 Å². The first-order valence-electron chi connectivity index (χ1n) is 21.0. The summed E-state index contributed by atoms with van der Waals surface area (Å²) in [5.41, 5.74) is 2.80. The molecule has 3 aliphatic rings. The van der Waals surface area contributed by atoms with Crippen molar-refractivity contribution in [1.29, 1.82) is 0 Å². The Balaban J connectivity index is 0.000000215. The fourth-order valence-electron chi connectivity index (χ4n) is 9.04. The van der Waals surface area contributed by atoms with Crippen LogP contribution in [-0.4, -0.2) is 13.0 Å². The van der Waals surface area contributed by atoms with E-state index in [1.54, 1.807) is 36.4 Å². The first-order chi connectivity index (χ1) is 29.3. The van der Waals surface area contributed by atoms with E-state index >= 15 is 8.78 Å². The summed E-state index contributed by atoms with van der Waals surface area (Å²) in [6.45, 7) is 0. The van der Waals surface area contributed by atoms with E-state index < -0.39 is 54.9 Å². The molecule has 324 valence electrons. The third-order valence-electron chi connectivity index (χ3n) is 12.1. The highest BCUT2D eigenvalue weighted by Gasteiger charge is 2.34. The zero-order chi connectivity index (χ0) is 43.3. The number of halogens is 7. The molecule has 3 aliphatic carbocycles. The zero-order valence-corrected chi connectivity index (χ0v) is 35.1. The van der Waals surface area contributed by atoms with Gasteiger partial charge in [0.25, 0.3) is 0 Å². The average Bonchev–Trinajstić information content (AvgIpc) is 3.27. The minimum Gasteiger partial charge on any atom is -0.744 e. The maximum Gasteiger partial charge on any atom is 0.205 e. The molecule has 0 aromatic heterocycles. The standard InChI is InChI=1S/C30H36F4O4S.C18H12F3S/c31-24-26(33)30(39(35,36)37)27(34)25(32)29(24)38-28-22(19-12-6-2-7-13-19)16-21(18-10-4-1-5-11-18)17-23(28)20-14-8-3-9-15-20;19-13-1-7-16(8-2-13)22(17-9-3-14(20)4-10-17)18-11-5-15(21)6-12-18/h16-20H,1-15H2,(H,35,36,37);1-12H/q;+1/p-1. The first-order valence-corrected chi connectivity index (χ1v) is 23.6. The predicted molar refractivity (Wildman–Crippen MR) is 220 cm³/mol. The normalized spacial score (nSPS) is 16.9. The van der Waals surface area contributed by atoms with Crippen LogP contribution in [0.3, 0.4) is 0 Å². The van der Waals surface area contributed by atoms with E-state index in [4.69, 9.17) is 4.74 Å². The topological polar surface area (TPSA) is 66.4 Å². The van der Waals surface area contributed by atoms with Crippen LogP contribution in [0.2, 0.25) is 0 Å². The summed E-state index contributed by atoms with van der Waals surface area (Å²) in [5, 5.41) is 0. The van der Waals surface area contributed by atoms with Crippen molar-refractivity contribution in [2.75, 3.05) is 0 Å². The van der Waals surface area contributed by atoms with Crippen molar-refractivity contribution >= 4 is 21.0 Å². The van der Waals surface area contributed by atoms with Gasteiger partial charge >= 0.3 is 0 Å². The van der Waals surface area contributed by atoms with Gasteiger partial charge in [0, 0.05) is 0 Å². The van der Waals surface area contributed by atoms with Crippen LogP contribution < -0.4 is 4.74 Å². The van der Waals surface area contributed by atoms with Gasteiger partial charge in [0.2, 0.25) is 17.4 Å². The van der Waals surface area contributed by atoms with Crippen molar-refractivity contribution in [3.05, 3.63) is 142 Å². The molecule has 8 rings (SSSR count). The molecule has 3 fully saturated rings. The van der Waals surface area contributed by atoms with Crippen LogP contribution in [0, 0.1) is 40.7 Å². The van der Waals surface area contributed by atoms with Gasteiger partial charge < -0.3 is 9.29 Å². The third-order valence-corrected chi connectivity index (χ3v) is 15.2. The summed E-state index contributed by atoms with van der Waals surface area (Å²) in [5.74, 6) is -10.1. The number of hydrogen-bond donors (Lipinski definition) is 0. The zero-order valence-electron chi connectivity index (χ0n) is 33.5. The predicted octanol–water partition coefficient (Wildman–Crippen LogP) is 14.3. The number of hydrogen-bond acceptors (Lipinski definition) is 4. The van der Waals surface area contributed by atoms with Gasteiger partial charge in [-0.15, -0.1) is 0 Å². The van der Waals surface area contributed by atoms with E-state index in [2.05, 4.69) is 12.1 Å². The summed E-state index contributed by atoms with van der Waals surface area (Å²) in [4.78, 5) is 0.497. The van der Waals surface area contributed by atoms with Crippen LogP contribution in [0.1, 0.15) is 131 Å². The second-order valence-corrected chi connectivity index (χ2v) is 19.5. The Morgan fingerprint density at radius 3 is 1.11 bits per heavy atom. The Morgan fingerprint density at radius 2 is 0.787 bits per heavy atom. The molecule has 0 heterocycles. The summed E-state index contributed by atoms with van der Waals surface area (Å²) in [7, 11) is -6.34. The van der Waals surface area contributed by atoms with Crippen LogP contribution in [0.15, 0.2) is 105 Å². The Morgan fingerprint density at radius 1 is 0.459 bits per heavy atom. The minimum atomic E-state index is -5.80. The fraction of sp³-hybridized carbons (Fsp3) is 0.375. The van der Waals surface area contributed by atoms with Gasteiger partial charge in [0.1, 0.15) is 38.2 Å². The summed E-state index contributed by atoms with van der Waals surface area (Å²) < 4.78 is 139. The highest BCUT2D eigenvalue weighted by molar-refractivity contribution is 7.97. The highest BCUT2D eigenvalue weighted by Crippen LogP contribution is 2.49. The van der Waals surface area contributed by atoms with Crippen LogP contribution in [0.4, 0.5) is 30.7 Å². The SMILES string of the molecule is Fc1ccc([S+](c2ccc(F)cc2)c2ccc(F)cc2)cc1.O=S(=O)([O-])c1c(F)c(F)c(Oc2c(C3CCCCC3)cc(C3CCCCC3)cc2C2CCCCC2)c(F)c1F. The van der Waals surface area contributed by atoms with Gasteiger partial charge in [-0.2, -0.15) is 8.78 Å². The molecule has 0 unspecified atom stereocenters. The maximum atomic E-state index is 15.1. The van der Waals surface area contributed by atoms with E-state index in [1.807, 2.05) is 0 Å². The van der Waals surface area contributed by atoms with E-state index in [1.165, 1.54) is 48.4 Å². The quantitative estimate of drug-likeness (QED) is 0.0640. The lowest BCUT2D eigenvalue weighted by atomic mass is 9.75. The van der Waals surface area contributed by atoms with E-state index in [0.717, 1.165) is 116 Å². The van der Waals surface area contributed by atoms with Crippen molar-refractivity contribution < 1.29 is 48.4 Å². The maximum absolute atomic E-state index is 15.1. The molecule has 0 N–H and O–H groups in total. The van der Waals surface area contributed by atoms with E-state index in [0.29, 0.717) is 5.92 Å². The van der Waals surface area contributed by atoms with Gasteiger partial charge in [-0.1, -0.05) is 69.9 Å². The van der Waals surface area contributed by atoms with Crippen molar-refractivity contribution in [2.24, 2.45) is 0 Å².